The number of hydrogen-bond acceptors (Lipinski definition) is 5. The molecule has 0 bridgehead atoms. The van der Waals surface area contributed by atoms with Crippen LogP contribution in [0, 0.1) is 11.8 Å². The normalized spacial score (nSPS) is 25.5. The molecule has 3 fully saturated rings. The van der Waals surface area contributed by atoms with Gasteiger partial charge in [-0.05, 0) is 44.4 Å². The molecule has 8 nitrogen and oxygen atoms in total. The largest absolute Gasteiger partial charge is 0.490 e. The molecule has 11 heteroatoms. The monoisotopic (exact) mass is 461 g/mol. The summed E-state index contributed by atoms with van der Waals surface area (Å²) in [5.74, 6) is -0.709. The van der Waals surface area contributed by atoms with Gasteiger partial charge < -0.3 is 24.1 Å². The molecule has 0 radical (unpaired) electrons. The van der Waals surface area contributed by atoms with Gasteiger partial charge in [0.25, 0.3) is 0 Å². The van der Waals surface area contributed by atoms with Crippen molar-refractivity contribution in [3.63, 3.8) is 0 Å². The Balaban J connectivity index is 0.000000360. The summed E-state index contributed by atoms with van der Waals surface area (Å²) in [4.78, 5) is 27.9. The highest BCUT2D eigenvalue weighted by atomic mass is 19.4. The average molecular weight is 461 g/mol. The van der Waals surface area contributed by atoms with Crippen LogP contribution in [0.4, 0.5) is 18.0 Å². The summed E-state index contributed by atoms with van der Waals surface area (Å²) >= 11 is 0. The number of alkyl halides is 3. The number of amides is 2. The first-order chi connectivity index (χ1) is 15.1. The number of aliphatic carboxylic acids is 1. The van der Waals surface area contributed by atoms with Crippen LogP contribution >= 0.6 is 0 Å². The van der Waals surface area contributed by atoms with E-state index in [-0.39, 0.29) is 12.1 Å². The van der Waals surface area contributed by atoms with Gasteiger partial charge in [0.2, 0.25) is 0 Å². The van der Waals surface area contributed by atoms with Crippen LogP contribution in [0.5, 0.6) is 0 Å². The fourth-order valence-corrected chi connectivity index (χ4v) is 4.60. The van der Waals surface area contributed by atoms with Gasteiger partial charge >= 0.3 is 18.2 Å². The topological polar surface area (TPSA) is 86.5 Å². The van der Waals surface area contributed by atoms with E-state index in [9.17, 15) is 18.0 Å². The molecule has 0 aliphatic carbocycles. The molecule has 0 unspecified atom stereocenters. The van der Waals surface area contributed by atoms with Crippen molar-refractivity contribution in [1.29, 1.82) is 0 Å². The zero-order valence-corrected chi connectivity index (χ0v) is 18.1. The fourth-order valence-electron chi connectivity index (χ4n) is 4.60. The molecular formula is C21H30F3N3O5. The third kappa shape index (κ3) is 6.38. The first-order valence-electron chi connectivity index (χ1n) is 10.8. The highest BCUT2D eigenvalue weighted by Gasteiger charge is 2.43. The van der Waals surface area contributed by atoms with Crippen molar-refractivity contribution in [2.45, 2.75) is 38.1 Å². The molecule has 0 spiro atoms. The van der Waals surface area contributed by atoms with Gasteiger partial charge in [0.15, 0.2) is 0 Å². The van der Waals surface area contributed by atoms with Crippen LogP contribution in [0.2, 0.25) is 0 Å². The summed E-state index contributed by atoms with van der Waals surface area (Å²) in [7, 11) is 2.12. The maximum Gasteiger partial charge on any atom is 0.490 e. The molecule has 1 aromatic heterocycles. The zero-order valence-electron chi connectivity index (χ0n) is 18.1. The number of hydrogen-bond donors (Lipinski definition) is 1. The Morgan fingerprint density at radius 2 is 1.91 bits per heavy atom. The maximum atomic E-state index is 12.6. The summed E-state index contributed by atoms with van der Waals surface area (Å²) in [5.41, 5.74) is 0. The van der Waals surface area contributed by atoms with Crippen molar-refractivity contribution >= 4 is 12.0 Å². The number of carbonyl (C=O) groups excluding carboxylic acids is 1. The zero-order chi connectivity index (χ0) is 23.3. The standard InChI is InChI=1S/C19H29N3O3.C2HF3O2/c1-20(12-16-5-4-10-24-16)13-18-17-6-9-22(11-15(17)14-25-18)19(23)21-7-2-3-8-21;3-2(4,5)1(6)7/h4-5,10,15,17-18H,2-3,6-9,11-14H2,1H3;(H,6,7)/t15-,17-,18+;/m1./s1. The van der Waals surface area contributed by atoms with E-state index in [1.54, 1.807) is 6.26 Å². The lowest BCUT2D eigenvalue weighted by Crippen LogP contribution is -2.50. The SMILES string of the molecule is CN(Cc1ccco1)C[C@@H]1OC[C@H]2CN(C(=O)N3CCCC3)CC[C@H]21.O=C(O)C(F)(F)F. The van der Waals surface area contributed by atoms with Gasteiger partial charge in [-0.25, -0.2) is 9.59 Å². The minimum Gasteiger partial charge on any atom is -0.475 e. The van der Waals surface area contributed by atoms with Crippen LogP contribution in [0.3, 0.4) is 0 Å². The molecule has 180 valence electrons. The Hall–Kier alpha value is -2.27. The Bertz CT molecular complexity index is 752. The number of likely N-dealkylation sites (tertiary alicyclic amines) is 2. The minimum atomic E-state index is -5.08. The number of likely N-dealkylation sites (N-methyl/N-ethyl adjacent to an activating group) is 1. The second-order valence-electron chi connectivity index (χ2n) is 8.59. The Morgan fingerprint density at radius 1 is 1.22 bits per heavy atom. The van der Waals surface area contributed by atoms with E-state index in [0.29, 0.717) is 11.8 Å². The molecular weight excluding hydrogens is 431 g/mol. The lowest BCUT2D eigenvalue weighted by Gasteiger charge is -2.38. The first kappa shape index (κ1) is 24.4. The van der Waals surface area contributed by atoms with Crippen molar-refractivity contribution in [2.75, 3.05) is 46.4 Å². The Morgan fingerprint density at radius 3 is 2.50 bits per heavy atom. The number of fused-ring (bicyclic) bond motifs is 1. The van der Waals surface area contributed by atoms with E-state index in [0.717, 1.165) is 70.9 Å². The second-order valence-corrected chi connectivity index (χ2v) is 8.59. The van der Waals surface area contributed by atoms with E-state index in [2.05, 4.69) is 16.8 Å². The summed E-state index contributed by atoms with van der Waals surface area (Å²) < 4.78 is 43.3. The number of urea groups is 1. The van der Waals surface area contributed by atoms with Crippen LogP contribution in [-0.2, 0) is 16.1 Å². The molecule has 1 N–H and O–H groups in total. The van der Waals surface area contributed by atoms with Crippen molar-refractivity contribution in [3.8, 4) is 0 Å². The predicted molar refractivity (Wildman–Crippen MR) is 108 cm³/mol. The number of carboxylic acid groups (broad SMARTS) is 1. The summed E-state index contributed by atoms with van der Waals surface area (Å²) in [6.45, 7) is 6.11. The molecule has 0 saturated carbocycles. The van der Waals surface area contributed by atoms with Crippen molar-refractivity contribution in [1.82, 2.24) is 14.7 Å². The third-order valence-corrected chi connectivity index (χ3v) is 6.18. The number of ether oxygens (including phenoxy) is 1. The van der Waals surface area contributed by atoms with E-state index in [4.69, 9.17) is 19.1 Å². The number of piperidine rings is 1. The summed E-state index contributed by atoms with van der Waals surface area (Å²) in [6.07, 6.45) is 0.272. The molecule has 1 aromatic rings. The van der Waals surface area contributed by atoms with Crippen LogP contribution in [0.1, 0.15) is 25.0 Å². The smallest absolute Gasteiger partial charge is 0.475 e. The lowest BCUT2D eigenvalue weighted by atomic mass is 9.84. The molecule has 3 aliphatic rings. The Labute approximate surface area is 184 Å². The highest BCUT2D eigenvalue weighted by molar-refractivity contribution is 5.75. The highest BCUT2D eigenvalue weighted by Crippen LogP contribution is 2.35. The summed E-state index contributed by atoms with van der Waals surface area (Å²) in [6, 6.07) is 4.18. The van der Waals surface area contributed by atoms with Gasteiger partial charge in [0, 0.05) is 38.6 Å². The number of nitrogens with zero attached hydrogens (tertiary/aromatic N) is 3. The van der Waals surface area contributed by atoms with Crippen LogP contribution in [-0.4, -0.2) is 90.5 Å². The quantitative estimate of drug-likeness (QED) is 0.742. The van der Waals surface area contributed by atoms with E-state index < -0.39 is 12.1 Å². The predicted octanol–water partition coefficient (Wildman–Crippen LogP) is 2.90. The number of carbonyl (C=O) groups is 2. The van der Waals surface area contributed by atoms with Crippen LogP contribution in [0.15, 0.2) is 22.8 Å². The second kappa shape index (κ2) is 10.6. The fraction of sp³-hybridized carbons (Fsp3) is 0.714. The Kier molecular flexibility index (Phi) is 8.05. The van der Waals surface area contributed by atoms with Gasteiger partial charge in [-0.2, -0.15) is 13.2 Å². The third-order valence-electron chi connectivity index (χ3n) is 6.18. The number of carboxylic acids is 1. The molecule has 3 saturated heterocycles. The molecule has 3 aliphatic heterocycles. The van der Waals surface area contributed by atoms with E-state index in [1.807, 2.05) is 17.0 Å². The van der Waals surface area contributed by atoms with Gasteiger partial charge in [0.1, 0.15) is 5.76 Å². The number of rotatable bonds is 4. The average Bonchev–Trinajstić information content (AvgIpc) is 3.49. The van der Waals surface area contributed by atoms with Gasteiger partial charge in [-0.3, -0.25) is 4.90 Å². The molecule has 2 amide bonds. The van der Waals surface area contributed by atoms with Gasteiger partial charge in [-0.15, -0.1) is 0 Å². The molecule has 4 heterocycles. The number of furan rings is 1. The maximum absolute atomic E-state index is 12.6. The van der Waals surface area contributed by atoms with Crippen LogP contribution in [0.25, 0.3) is 0 Å². The molecule has 32 heavy (non-hydrogen) atoms. The molecule has 3 atom stereocenters. The van der Waals surface area contributed by atoms with Crippen molar-refractivity contribution in [2.24, 2.45) is 11.8 Å². The van der Waals surface area contributed by atoms with Crippen molar-refractivity contribution < 1.29 is 37.0 Å². The number of halogens is 3. The minimum absolute atomic E-state index is 0.245. The summed E-state index contributed by atoms with van der Waals surface area (Å²) in [5, 5.41) is 7.12. The molecule has 0 aromatic carbocycles. The molecule has 4 rings (SSSR count). The van der Waals surface area contributed by atoms with E-state index >= 15 is 0 Å². The van der Waals surface area contributed by atoms with Gasteiger partial charge in [0.05, 0.1) is 25.5 Å². The van der Waals surface area contributed by atoms with Gasteiger partial charge in [-0.1, -0.05) is 0 Å². The van der Waals surface area contributed by atoms with Crippen molar-refractivity contribution in [3.05, 3.63) is 24.2 Å². The van der Waals surface area contributed by atoms with E-state index in [1.165, 1.54) is 0 Å². The lowest BCUT2D eigenvalue weighted by molar-refractivity contribution is -0.192. The van der Waals surface area contributed by atoms with Crippen LogP contribution < -0.4 is 0 Å². The first-order valence-corrected chi connectivity index (χ1v) is 10.8.